The van der Waals surface area contributed by atoms with Crippen molar-refractivity contribution >= 4 is 35.4 Å². The summed E-state index contributed by atoms with van der Waals surface area (Å²) in [7, 11) is 1.60. The van der Waals surface area contributed by atoms with Gasteiger partial charge in [-0.25, -0.2) is 4.79 Å². The summed E-state index contributed by atoms with van der Waals surface area (Å²) in [6.45, 7) is 0.124. The van der Waals surface area contributed by atoms with Crippen molar-refractivity contribution in [2.75, 3.05) is 23.9 Å². The van der Waals surface area contributed by atoms with Gasteiger partial charge in [-0.3, -0.25) is 9.59 Å². The highest BCUT2D eigenvalue weighted by atomic mass is 32.2. The first-order valence-corrected chi connectivity index (χ1v) is 10.9. The van der Waals surface area contributed by atoms with Crippen molar-refractivity contribution in [1.82, 2.24) is 10.6 Å². The molecule has 0 aliphatic carbocycles. The number of carbonyl (C=O) groups is 3. The third-order valence-corrected chi connectivity index (χ3v) is 5.26. The molecule has 0 heterocycles. The Morgan fingerprint density at radius 2 is 1.67 bits per heavy atom. The minimum atomic E-state index is -0.765. The highest BCUT2D eigenvalue weighted by Crippen LogP contribution is 2.11. The third kappa shape index (κ3) is 9.00. The van der Waals surface area contributed by atoms with Crippen LogP contribution in [-0.2, 0) is 20.9 Å². The van der Waals surface area contributed by atoms with E-state index in [0.29, 0.717) is 30.0 Å². The lowest BCUT2D eigenvalue weighted by molar-refractivity contribution is -0.120. The predicted molar refractivity (Wildman–Crippen MR) is 119 cm³/mol. The maximum Gasteiger partial charge on any atom is 0.408 e. The highest BCUT2D eigenvalue weighted by molar-refractivity contribution is 7.99. The second-order valence-corrected chi connectivity index (χ2v) is 7.62. The lowest BCUT2D eigenvalue weighted by Gasteiger charge is -2.18. The lowest BCUT2D eigenvalue weighted by Crippen LogP contribution is -2.45. The summed E-state index contributed by atoms with van der Waals surface area (Å²) in [6, 6.07) is 17.6. The molecule has 0 aliphatic rings. The zero-order chi connectivity index (χ0) is 21.6. The Labute approximate surface area is 181 Å². The fraction of sp³-hybridized carbons (Fsp3) is 0.318. The van der Waals surface area contributed by atoms with Gasteiger partial charge in [-0.05, 0) is 29.9 Å². The SMILES string of the molecule is CNC(=O)CCCSC[C@H](NC(=O)OCc1ccccc1)C(=O)Nc1ccccc1. The minimum Gasteiger partial charge on any atom is -0.445 e. The molecule has 1 atom stereocenters. The Morgan fingerprint density at radius 3 is 2.33 bits per heavy atom. The fourth-order valence-corrected chi connectivity index (χ4v) is 3.49. The van der Waals surface area contributed by atoms with E-state index in [1.807, 2.05) is 48.5 Å². The summed E-state index contributed by atoms with van der Waals surface area (Å²) in [4.78, 5) is 36.2. The molecule has 30 heavy (non-hydrogen) atoms. The van der Waals surface area contributed by atoms with Gasteiger partial charge >= 0.3 is 6.09 Å². The second-order valence-electron chi connectivity index (χ2n) is 6.47. The first kappa shape index (κ1) is 23.3. The number of thioether (sulfide) groups is 1. The molecule has 2 aromatic rings. The van der Waals surface area contributed by atoms with Crippen LogP contribution in [0.2, 0.25) is 0 Å². The van der Waals surface area contributed by atoms with E-state index in [9.17, 15) is 14.4 Å². The van der Waals surface area contributed by atoms with E-state index in [1.54, 1.807) is 19.2 Å². The first-order chi connectivity index (χ1) is 14.6. The minimum absolute atomic E-state index is 0.0171. The summed E-state index contributed by atoms with van der Waals surface area (Å²) in [5, 5.41) is 8.03. The lowest BCUT2D eigenvalue weighted by atomic mass is 10.2. The van der Waals surface area contributed by atoms with Gasteiger partial charge < -0.3 is 20.7 Å². The number of para-hydroxylation sites is 1. The van der Waals surface area contributed by atoms with E-state index >= 15 is 0 Å². The molecule has 7 nitrogen and oxygen atoms in total. The quantitative estimate of drug-likeness (QED) is 0.477. The van der Waals surface area contributed by atoms with Crippen LogP contribution in [0.5, 0.6) is 0 Å². The molecular weight excluding hydrogens is 402 g/mol. The molecule has 0 unspecified atom stereocenters. The second kappa shape index (κ2) is 13.3. The van der Waals surface area contributed by atoms with Gasteiger partial charge in [-0.1, -0.05) is 48.5 Å². The van der Waals surface area contributed by atoms with Crippen LogP contribution < -0.4 is 16.0 Å². The van der Waals surface area contributed by atoms with Gasteiger partial charge in [-0.2, -0.15) is 11.8 Å². The molecule has 0 fully saturated rings. The van der Waals surface area contributed by atoms with Gasteiger partial charge in [0.2, 0.25) is 11.8 Å². The van der Waals surface area contributed by atoms with Gasteiger partial charge in [0.1, 0.15) is 12.6 Å². The van der Waals surface area contributed by atoms with E-state index in [1.165, 1.54) is 11.8 Å². The molecule has 8 heteroatoms. The zero-order valence-corrected chi connectivity index (χ0v) is 17.7. The molecule has 0 aromatic heterocycles. The van der Waals surface area contributed by atoms with Crippen molar-refractivity contribution < 1.29 is 19.1 Å². The Kier molecular flexibility index (Phi) is 10.3. The highest BCUT2D eigenvalue weighted by Gasteiger charge is 2.22. The number of hydrogen-bond acceptors (Lipinski definition) is 5. The van der Waals surface area contributed by atoms with Crippen LogP contribution in [0.3, 0.4) is 0 Å². The predicted octanol–water partition coefficient (Wildman–Crippen LogP) is 3.18. The topological polar surface area (TPSA) is 96.5 Å². The standard InChI is InChI=1S/C22H27N3O4S/c1-23-20(26)13-8-14-30-16-19(21(27)24-18-11-6-3-7-12-18)25-22(28)29-15-17-9-4-2-5-10-17/h2-7,9-12,19H,8,13-16H2,1H3,(H,23,26)(H,24,27)(H,25,28)/t19-/m0/s1. The number of alkyl carbamates (subject to hydrolysis) is 1. The number of benzene rings is 2. The van der Waals surface area contributed by atoms with Gasteiger partial charge in [0.15, 0.2) is 0 Å². The van der Waals surface area contributed by atoms with E-state index < -0.39 is 12.1 Å². The van der Waals surface area contributed by atoms with Gasteiger partial charge in [0.05, 0.1) is 0 Å². The van der Waals surface area contributed by atoms with Gasteiger partial charge in [0, 0.05) is 24.9 Å². The summed E-state index contributed by atoms with van der Waals surface area (Å²) >= 11 is 1.50. The maximum absolute atomic E-state index is 12.7. The van der Waals surface area contributed by atoms with Crippen LogP contribution in [0.4, 0.5) is 10.5 Å². The van der Waals surface area contributed by atoms with Crippen LogP contribution in [-0.4, -0.2) is 42.5 Å². The van der Waals surface area contributed by atoms with Crippen LogP contribution in [0.25, 0.3) is 0 Å². The average Bonchev–Trinajstić information content (AvgIpc) is 2.77. The zero-order valence-electron chi connectivity index (χ0n) is 16.9. The number of rotatable bonds is 11. The van der Waals surface area contributed by atoms with Crippen molar-refractivity contribution in [1.29, 1.82) is 0 Å². The van der Waals surface area contributed by atoms with E-state index in [4.69, 9.17) is 4.74 Å². The number of ether oxygens (including phenoxy) is 1. The monoisotopic (exact) mass is 429 g/mol. The molecule has 0 spiro atoms. The molecule has 0 radical (unpaired) electrons. The third-order valence-electron chi connectivity index (χ3n) is 4.12. The Balaban J connectivity index is 1.87. The first-order valence-electron chi connectivity index (χ1n) is 9.70. The van der Waals surface area contributed by atoms with E-state index in [-0.39, 0.29) is 18.4 Å². The Hall–Kier alpha value is -3.00. The van der Waals surface area contributed by atoms with Gasteiger partial charge in [-0.15, -0.1) is 0 Å². The van der Waals surface area contributed by atoms with Crippen molar-refractivity contribution in [3.63, 3.8) is 0 Å². The van der Waals surface area contributed by atoms with Crippen LogP contribution in [0, 0.1) is 0 Å². The van der Waals surface area contributed by atoms with E-state index in [2.05, 4.69) is 16.0 Å². The Morgan fingerprint density at radius 1 is 1.00 bits per heavy atom. The van der Waals surface area contributed by atoms with E-state index in [0.717, 1.165) is 5.56 Å². The average molecular weight is 430 g/mol. The molecule has 0 saturated heterocycles. The van der Waals surface area contributed by atoms with Crippen molar-refractivity contribution in [3.05, 3.63) is 66.2 Å². The summed E-state index contributed by atoms with van der Waals surface area (Å²) in [5.74, 6) is 0.726. The normalized spacial score (nSPS) is 11.2. The molecular formula is C22H27N3O4S. The van der Waals surface area contributed by atoms with Gasteiger partial charge in [0.25, 0.3) is 0 Å². The van der Waals surface area contributed by atoms with Crippen LogP contribution in [0.15, 0.2) is 60.7 Å². The van der Waals surface area contributed by atoms with Crippen molar-refractivity contribution in [2.24, 2.45) is 0 Å². The number of anilines is 1. The number of carbonyl (C=O) groups excluding carboxylic acids is 3. The van der Waals surface area contributed by atoms with Crippen LogP contribution >= 0.6 is 11.8 Å². The molecule has 0 aliphatic heterocycles. The molecule has 0 bridgehead atoms. The van der Waals surface area contributed by atoms with Crippen molar-refractivity contribution in [2.45, 2.75) is 25.5 Å². The number of amides is 3. The molecule has 3 N–H and O–H groups in total. The summed E-state index contributed by atoms with van der Waals surface area (Å²) < 4.78 is 5.24. The Bertz CT molecular complexity index is 803. The fourth-order valence-electron chi connectivity index (χ4n) is 2.50. The molecule has 2 rings (SSSR count). The molecule has 3 amide bonds. The molecule has 160 valence electrons. The summed E-state index contributed by atoms with van der Waals surface area (Å²) in [5.41, 5.74) is 1.51. The number of nitrogens with one attached hydrogen (secondary N) is 3. The van der Waals surface area contributed by atoms with Crippen LogP contribution in [0.1, 0.15) is 18.4 Å². The molecule has 2 aromatic carbocycles. The molecule has 0 saturated carbocycles. The number of hydrogen-bond donors (Lipinski definition) is 3. The van der Waals surface area contributed by atoms with Crippen molar-refractivity contribution in [3.8, 4) is 0 Å². The summed E-state index contributed by atoms with van der Waals surface area (Å²) in [6.07, 6.45) is 0.463. The largest absolute Gasteiger partial charge is 0.445 e. The smallest absolute Gasteiger partial charge is 0.408 e. The maximum atomic E-state index is 12.7.